The van der Waals surface area contributed by atoms with E-state index in [1.807, 2.05) is 6.92 Å². The fraction of sp³-hybridized carbons (Fsp3) is 0.391. The molecule has 1 heterocycles. The number of benzene rings is 2. The summed E-state index contributed by atoms with van der Waals surface area (Å²) >= 11 is 12.0. The zero-order valence-corrected chi connectivity index (χ0v) is 19.4. The summed E-state index contributed by atoms with van der Waals surface area (Å²) in [5.41, 5.74) is 1.62. The van der Waals surface area contributed by atoms with Crippen molar-refractivity contribution in [2.45, 2.75) is 45.6 Å². The fourth-order valence-electron chi connectivity index (χ4n) is 3.98. The van der Waals surface area contributed by atoms with Crippen LogP contribution in [0.2, 0.25) is 10.0 Å². The van der Waals surface area contributed by atoms with Crippen molar-refractivity contribution in [3.63, 3.8) is 0 Å². The summed E-state index contributed by atoms with van der Waals surface area (Å²) in [6, 6.07) is 6.45. The number of amides is 1. The van der Waals surface area contributed by atoms with E-state index < -0.39 is 5.82 Å². The SMILES string of the molecule is CCOc1cc2[nH]c(Nc3c(Cl)ccc(Cl)c3F)nc2cc1C(=O)N[C@H]1CC[C@H](C)CC1. The van der Waals surface area contributed by atoms with Crippen LogP contribution in [0.4, 0.5) is 16.0 Å². The number of ether oxygens (including phenoxy) is 1. The number of nitrogens with one attached hydrogen (secondary N) is 3. The first kappa shape index (κ1) is 22.7. The molecule has 1 fully saturated rings. The number of rotatable bonds is 6. The minimum absolute atomic E-state index is 0.0211. The van der Waals surface area contributed by atoms with E-state index in [1.54, 1.807) is 12.1 Å². The topological polar surface area (TPSA) is 79.0 Å². The molecule has 6 nitrogen and oxygen atoms in total. The third kappa shape index (κ3) is 4.79. The highest BCUT2D eigenvalue weighted by Crippen LogP contribution is 2.33. The molecule has 1 aliphatic rings. The van der Waals surface area contributed by atoms with Crippen molar-refractivity contribution in [1.29, 1.82) is 0 Å². The molecule has 0 spiro atoms. The van der Waals surface area contributed by atoms with Crippen molar-refractivity contribution in [3.8, 4) is 5.75 Å². The maximum atomic E-state index is 14.4. The number of hydrogen-bond acceptors (Lipinski definition) is 4. The van der Waals surface area contributed by atoms with Crippen molar-refractivity contribution in [1.82, 2.24) is 15.3 Å². The van der Waals surface area contributed by atoms with Gasteiger partial charge in [0.2, 0.25) is 5.95 Å². The Bertz CT molecular complexity index is 1140. The van der Waals surface area contributed by atoms with Crippen LogP contribution in [-0.4, -0.2) is 28.5 Å². The van der Waals surface area contributed by atoms with E-state index in [0.717, 1.165) is 25.7 Å². The number of carbonyl (C=O) groups excluding carboxylic acids is 1. The third-order valence-electron chi connectivity index (χ3n) is 5.77. The summed E-state index contributed by atoms with van der Waals surface area (Å²) in [4.78, 5) is 20.5. The average Bonchev–Trinajstić information content (AvgIpc) is 3.16. The number of imidazole rings is 1. The van der Waals surface area contributed by atoms with E-state index in [0.29, 0.717) is 34.9 Å². The molecule has 0 aliphatic heterocycles. The summed E-state index contributed by atoms with van der Waals surface area (Å²) < 4.78 is 20.1. The summed E-state index contributed by atoms with van der Waals surface area (Å²) in [6.45, 7) is 4.51. The Morgan fingerprint density at radius 3 is 2.66 bits per heavy atom. The normalized spacial score (nSPS) is 18.5. The molecule has 1 aromatic heterocycles. The highest BCUT2D eigenvalue weighted by molar-refractivity contribution is 6.35. The van der Waals surface area contributed by atoms with Crippen LogP contribution in [0, 0.1) is 11.7 Å². The Balaban J connectivity index is 1.62. The van der Waals surface area contributed by atoms with Crippen LogP contribution in [0.1, 0.15) is 49.9 Å². The largest absolute Gasteiger partial charge is 0.493 e. The summed E-state index contributed by atoms with van der Waals surface area (Å²) in [5, 5.41) is 6.09. The molecule has 1 amide bonds. The molecule has 0 unspecified atom stereocenters. The van der Waals surface area contributed by atoms with Gasteiger partial charge in [0.15, 0.2) is 5.82 Å². The van der Waals surface area contributed by atoms with E-state index in [4.69, 9.17) is 27.9 Å². The number of halogens is 3. The van der Waals surface area contributed by atoms with Gasteiger partial charge >= 0.3 is 0 Å². The Labute approximate surface area is 195 Å². The van der Waals surface area contributed by atoms with Crippen LogP contribution < -0.4 is 15.4 Å². The number of H-pyrrole nitrogens is 1. The molecule has 3 aromatic rings. The minimum atomic E-state index is -0.670. The zero-order chi connectivity index (χ0) is 22.8. The number of aromatic nitrogens is 2. The van der Waals surface area contributed by atoms with Crippen molar-refractivity contribution in [2.75, 3.05) is 11.9 Å². The standard InChI is InChI=1S/C23H25Cl2FN4O2/c1-3-32-19-11-18-17(10-14(19)22(31)27-13-6-4-12(2)5-7-13)28-23(29-18)30-21-16(25)9-8-15(24)20(21)26/h8-13H,3-7H2,1-2H3,(H,27,31)(H2,28,29,30)/t12-,13-. The van der Waals surface area contributed by atoms with Gasteiger partial charge in [-0.3, -0.25) is 4.79 Å². The molecule has 3 N–H and O–H groups in total. The van der Waals surface area contributed by atoms with Gasteiger partial charge in [-0.1, -0.05) is 30.1 Å². The molecule has 1 aliphatic carbocycles. The van der Waals surface area contributed by atoms with E-state index >= 15 is 0 Å². The molecule has 0 saturated heterocycles. The van der Waals surface area contributed by atoms with Gasteiger partial charge in [-0.05, 0) is 56.7 Å². The molecule has 2 aromatic carbocycles. The molecule has 1 saturated carbocycles. The predicted octanol–water partition coefficient (Wildman–Crippen LogP) is 6.46. The lowest BCUT2D eigenvalue weighted by molar-refractivity contribution is 0.0919. The Kier molecular flexibility index (Phi) is 6.76. The number of carbonyl (C=O) groups is 1. The van der Waals surface area contributed by atoms with Crippen molar-refractivity contribution >= 4 is 51.8 Å². The maximum Gasteiger partial charge on any atom is 0.255 e. The van der Waals surface area contributed by atoms with Gasteiger partial charge in [-0.25, -0.2) is 9.37 Å². The third-order valence-corrected chi connectivity index (χ3v) is 6.37. The highest BCUT2D eigenvalue weighted by Gasteiger charge is 2.23. The van der Waals surface area contributed by atoms with Gasteiger partial charge < -0.3 is 20.4 Å². The summed E-state index contributed by atoms with van der Waals surface area (Å²) in [6.07, 6.45) is 4.17. The number of hydrogen-bond donors (Lipinski definition) is 3. The monoisotopic (exact) mass is 478 g/mol. The van der Waals surface area contributed by atoms with Gasteiger partial charge in [-0.15, -0.1) is 0 Å². The molecule has 4 rings (SSSR count). The fourth-order valence-corrected chi connectivity index (χ4v) is 4.33. The second-order valence-corrected chi connectivity index (χ2v) is 8.97. The van der Waals surface area contributed by atoms with Crippen molar-refractivity contribution in [3.05, 3.63) is 45.7 Å². The van der Waals surface area contributed by atoms with Crippen LogP contribution in [0.3, 0.4) is 0 Å². The smallest absolute Gasteiger partial charge is 0.255 e. The summed E-state index contributed by atoms with van der Waals surface area (Å²) in [5.74, 6) is 0.576. The van der Waals surface area contributed by atoms with Gasteiger partial charge in [0.1, 0.15) is 5.75 Å². The van der Waals surface area contributed by atoms with Crippen LogP contribution in [-0.2, 0) is 0 Å². The van der Waals surface area contributed by atoms with Crippen molar-refractivity contribution < 1.29 is 13.9 Å². The number of fused-ring (bicyclic) bond motifs is 1. The predicted molar refractivity (Wildman–Crippen MR) is 126 cm³/mol. The Hall–Kier alpha value is -2.51. The molecule has 170 valence electrons. The molecule has 9 heteroatoms. The average molecular weight is 479 g/mol. The quantitative estimate of drug-likeness (QED) is 0.355. The lowest BCUT2D eigenvalue weighted by Crippen LogP contribution is -2.37. The number of nitrogens with zero attached hydrogens (tertiary/aromatic N) is 1. The summed E-state index contributed by atoms with van der Waals surface area (Å²) in [7, 11) is 0. The lowest BCUT2D eigenvalue weighted by atomic mass is 9.87. The van der Waals surface area contributed by atoms with Gasteiger partial charge in [-0.2, -0.15) is 0 Å². The van der Waals surface area contributed by atoms with E-state index in [9.17, 15) is 9.18 Å². The van der Waals surface area contributed by atoms with Crippen LogP contribution in [0.15, 0.2) is 24.3 Å². The Morgan fingerprint density at radius 1 is 1.22 bits per heavy atom. The van der Waals surface area contributed by atoms with E-state index in [2.05, 4.69) is 27.5 Å². The zero-order valence-electron chi connectivity index (χ0n) is 17.9. The first-order valence-electron chi connectivity index (χ1n) is 10.7. The first-order chi connectivity index (χ1) is 15.4. The highest BCUT2D eigenvalue weighted by atomic mass is 35.5. The lowest BCUT2D eigenvalue weighted by Gasteiger charge is -2.27. The number of anilines is 2. The second kappa shape index (κ2) is 9.55. The van der Waals surface area contributed by atoms with E-state index in [1.165, 1.54) is 12.1 Å². The Morgan fingerprint density at radius 2 is 1.94 bits per heavy atom. The van der Waals surface area contributed by atoms with Gasteiger partial charge in [0.25, 0.3) is 5.91 Å². The van der Waals surface area contributed by atoms with Gasteiger partial charge in [0.05, 0.1) is 38.9 Å². The molecule has 0 radical (unpaired) electrons. The molecule has 0 bridgehead atoms. The van der Waals surface area contributed by atoms with E-state index in [-0.39, 0.29) is 33.6 Å². The molecular weight excluding hydrogens is 454 g/mol. The van der Waals surface area contributed by atoms with Crippen molar-refractivity contribution in [2.24, 2.45) is 5.92 Å². The second-order valence-electron chi connectivity index (χ2n) is 8.16. The van der Waals surface area contributed by atoms with Crippen LogP contribution in [0.5, 0.6) is 5.75 Å². The molecule has 0 atom stereocenters. The number of aromatic amines is 1. The van der Waals surface area contributed by atoms with Crippen LogP contribution >= 0.6 is 23.2 Å². The molecule has 32 heavy (non-hydrogen) atoms. The van der Waals surface area contributed by atoms with Gasteiger partial charge in [0, 0.05) is 12.1 Å². The minimum Gasteiger partial charge on any atom is -0.493 e. The first-order valence-corrected chi connectivity index (χ1v) is 11.5. The van der Waals surface area contributed by atoms with Crippen LogP contribution in [0.25, 0.3) is 11.0 Å². The maximum absolute atomic E-state index is 14.4. The molecular formula is C23H25Cl2FN4O2.